The molecular formula is C24H27F3N4O2. The lowest BCUT2D eigenvalue weighted by molar-refractivity contribution is -0.137. The number of ether oxygens (including phenoxy) is 1. The van der Waals surface area contributed by atoms with Gasteiger partial charge in [-0.3, -0.25) is 9.69 Å². The molecule has 176 valence electrons. The van der Waals surface area contributed by atoms with Gasteiger partial charge in [-0.25, -0.2) is 4.98 Å². The van der Waals surface area contributed by atoms with E-state index in [2.05, 4.69) is 9.88 Å². The number of alkyl halides is 3. The Bertz CT molecular complexity index is 1150. The van der Waals surface area contributed by atoms with Crippen LogP contribution in [-0.4, -0.2) is 53.8 Å². The molecule has 4 rings (SSSR count). The molecule has 2 heterocycles. The number of aromatic nitrogens is 2. The summed E-state index contributed by atoms with van der Waals surface area (Å²) in [5, 5.41) is 0.538. The Morgan fingerprint density at radius 2 is 1.82 bits per heavy atom. The van der Waals surface area contributed by atoms with Gasteiger partial charge in [0.1, 0.15) is 5.75 Å². The SMILES string of the molecule is Cn1cnc2ccc(OCCCCN3CCN(c4cccc(C(F)(F)F)c4)CC3)cc2c1=O. The lowest BCUT2D eigenvalue weighted by atomic mass is 10.1. The fourth-order valence-corrected chi connectivity index (χ4v) is 4.02. The summed E-state index contributed by atoms with van der Waals surface area (Å²) < 4.78 is 46.1. The van der Waals surface area contributed by atoms with Crippen molar-refractivity contribution in [3.8, 4) is 5.75 Å². The van der Waals surface area contributed by atoms with Gasteiger partial charge < -0.3 is 14.2 Å². The van der Waals surface area contributed by atoms with Crippen LogP contribution in [0.2, 0.25) is 0 Å². The van der Waals surface area contributed by atoms with E-state index in [1.54, 1.807) is 25.2 Å². The number of rotatable bonds is 7. The number of piperazine rings is 1. The molecule has 0 amide bonds. The Labute approximate surface area is 190 Å². The minimum absolute atomic E-state index is 0.102. The first-order valence-corrected chi connectivity index (χ1v) is 11.0. The zero-order chi connectivity index (χ0) is 23.4. The van der Waals surface area contributed by atoms with Crippen LogP contribution in [0.5, 0.6) is 5.75 Å². The molecule has 1 fully saturated rings. The molecule has 1 saturated heterocycles. The maximum absolute atomic E-state index is 13.0. The van der Waals surface area contributed by atoms with Crippen molar-refractivity contribution in [1.29, 1.82) is 0 Å². The molecule has 0 bridgehead atoms. The molecule has 1 aliphatic rings. The molecule has 0 aliphatic carbocycles. The van der Waals surface area contributed by atoms with Crippen LogP contribution in [0.4, 0.5) is 18.9 Å². The van der Waals surface area contributed by atoms with E-state index in [4.69, 9.17) is 4.74 Å². The summed E-state index contributed by atoms with van der Waals surface area (Å²) in [6.07, 6.45) is -0.985. The molecule has 1 aromatic heterocycles. The van der Waals surface area contributed by atoms with Crippen molar-refractivity contribution in [2.45, 2.75) is 19.0 Å². The number of benzene rings is 2. The molecule has 6 nitrogen and oxygen atoms in total. The number of fused-ring (bicyclic) bond motifs is 1. The molecule has 0 spiro atoms. The fourth-order valence-electron chi connectivity index (χ4n) is 4.02. The van der Waals surface area contributed by atoms with Crippen LogP contribution in [0.15, 0.2) is 53.6 Å². The average Bonchev–Trinajstić information content (AvgIpc) is 2.81. The van der Waals surface area contributed by atoms with Crippen LogP contribution < -0.4 is 15.2 Å². The van der Waals surface area contributed by atoms with Crippen molar-refractivity contribution in [2.75, 3.05) is 44.2 Å². The number of halogens is 3. The molecule has 0 radical (unpaired) electrons. The van der Waals surface area contributed by atoms with Crippen LogP contribution in [-0.2, 0) is 13.2 Å². The van der Waals surface area contributed by atoms with Crippen LogP contribution in [0, 0.1) is 0 Å². The van der Waals surface area contributed by atoms with Crippen LogP contribution in [0.25, 0.3) is 10.9 Å². The van der Waals surface area contributed by atoms with Crippen LogP contribution in [0.1, 0.15) is 18.4 Å². The van der Waals surface area contributed by atoms with Gasteiger partial charge in [0.2, 0.25) is 0 Å². The highest BCUT2D eigenvalue weighted by Gasteiger charge is 2.31. The smallest absolute Gasteiger partial charge is 0.416 e. The number of anilines is 1. The quantitative estimate of drug-likeness (QED) is 0.500. The second kappa shape index (κ2) is 9.82. The zero-order valence-electron chi connectivity index (χ0n) is 18.5. The molecular weight excluding hydrogens is 433 g/mol. The molecule has 0 saturated carbocycles. The Hall–Kier alpha value is -3.07. The normalized spacial score (nSPS) is 15.2. The van der Waals surface area contributed by atoms with Crippen molar-refractivity contribution >= 4 is 16.6 Å². The monoisotopic (exact) mass is 460 g/mol. The highest BCUT2D eigenvalue weighted by molar-refractivity contribution is 5.78. The van der Waals surface area contributed by atoms with Crippen molar-refractivity contribution in [3.63, 3.8) is 0 Å². The van der Waals surface area contributed by atoms with E-state index in [0.717, 1.165) is 38.5 Å². The summed E-state index contributed by atoms with van der Waals surface area (Å²) in [4.78, 5) is 20.8. The van der Waals surface area contributed by atoms with Crippen molar-refractivity contribution in [1.82, 2.24) is 14.5 Å². The third-order valence-electron chi connectivity index (χ3n) is 5.94. The predicted octanol–water partition coefficient (Wildman–Crippen LogP) is 3.93. The Morgan fingerprint density at radius 1 is 1.03 bits per heavy atom. The number of hydrogen-bond donors (Lipinski definition) is 0. The highest BCUT2D eigenvalue weighted by atomic mass is 19.4. The van der Waals surface area contributed by atoms with E-state index in [9.17, 15) is 18.0 Å². The van der Waals surface area contributed by atoms with Crippen molar-refractivity contribution in [3.05, 3.63) is 64.7 Å². The first-order chi connectivity index (χ1) is 15.8. The number of unbranched alkanes of at least 4 members (excludes halogenated alkanes) is 1. The Balaban J connectivity index is 1.19. The minimum atomic E-state index is -4.32. The third-order valence-corrected chi connectivity index (χ3v) is 5.94. The lowest BCUT2D eigenvalue weighted by Gasteiger charge is -2.36. The maximum atomic E-state index is 13.0. The first kappa shape index (κ1) is 23.1. The predicted molar refractivity (Wildman–Crippen MR) is 122 cm³/mol. The minimum Gasteiger partial charge on any atom is -0.494 e. The average molecular weight is 461 g/mol. The van der Waals surface area contributed by atoms with E-state index in [-0.39, 0.29) is 5.56 Å². The van der Waals surface area contributed by atoms with E-state index < -0.39 is 11.7 Å². The van der Waals surface area contributed by atoms with Crippen LogP contribution >= 0.6 is 0 Å². The third kappa shape index (κ3) is 5.65. The van der Waals surface area contributed by atoms with E-state index in [1.165, 1.54) is 23.0 Å². The Morgan fingerprint density at radius 3 is 2.58 bits per heavy atom. The zero-order valence-corrected chi connectivity index (χ0v) is 18.5. The highest BCUT2D eigenvalue weighted by Crippen LogP contribution is 2.31. The number of hydrogen-bond acceptors (Lipinski definition) is 5. The van der Waals surface area contributed by atoms with E-state index in [0.29, 0.717) is 42.0 Å². The maximum Gasteiger partial charge on any atom is 0.416 e. The standard InChI is InChI=1S/C24H27F3N4O2/c1-29-17-28-22-8-7-20(16-21(22)23(29)32)33-14-3-2-9-30-10-12-31(13-11-30)19-6-4-5-18(15-19)24(25,26)27/h4-8,15-17H,2-3,9-14H2,1H3. The second-order valence-electron chi connectivity index (χ2n) is 8.27. The number of nitrogens with zero attached hydrogens (tertiary/aromatic N) is 4. The molecule has 0 N–H and O–H groups in total. The summed E-state index contributed by atoms with van der Waals surface area (Å²) in [6.45, 7) is 4.52. The van der Waals surface area contributed by atoms with E-state index in [1.807, 2.05) is 11.0 Å². The summed E-state index contributed by atoms with van der Waals surface area (Å²) in [6, 6.07) is 10.9. The summed E-state index contributed by atoms with van der Waals surface area (Å²) >= 11 is 0. The van der Waals surface area contributed by atoms with Gasteiger partial charge in [-0.05, 0) is 55.8 Å². The van der Waals surface area contributed by atoms with Crippen LogP contribution in [0.3, 0.4) is 0 Å². The molecule has 9 heteroatoms. The lowest BCUT2D eigenvalue weighted by Crippen LogP contribution is -2.46. The summed E-state index contributed by atoms with van der Waals surface area (Å²) in [7, 11) is 1.67. The second-order valence-corrected chi connectivity index (χ2v) is 8.27. The van der Waals surface area contributed by atoms with E-state index >= 15 is 0 Å². The summed E-state index contributed by atoms with van der Waals surface area (Å²) in [5.41, 5.74) is 0.563. The van der Waals surface area contributed by atoms with Gasteiger partial charge in [0.25, 0.3) is 5.56 Å². The molecule has 0 unspecified atom stereocenters. The molecule has 3 aromatic rings. The topological polar surface area (TPSA) is 50.6 Å². The molecule has 0 atom stereocenters. The first-order valence-electron chi connectivity index (χ1n) is 11.0. The van der Waals surface area contributed by atoms with Gasteiger partial charge in [-0.1, -0.05) is 6.07 Å². The van der Waals surface area contributed by atoms with Crippen molar-refractivity contribution in [2.24, 2.45) is 7.05 Å². The fraction of sp³-hybridized carbons (Fsp3) is 0.417. The van der Waals surface area contributed by atoms with Gasteiger partial charge in [-0.15, -0.1) is 0 Å². The van der Waals surface area contributed by atoms with Gasteiger partial charge in [-0.2, -0.15) is 13.2 Å². The van der Waals surface area contributed by atoms with Gasteiger partial charge in [0.15, 0.2) is 0 Å². The van der Waals surface area contributed by atoms with Gasteiger partial charge >= 0.3 is 6.18 Å². The number of aryl methyl sites for hydroxylation is 1. The largest absolute Gasteiger partial charge is 0.494 e. The van der Waals surface area contributed by atoms with Crippen molar-refractivity contribution < 1.29 is 17.9 Å². The van der Waals surface area contributed by atoms with Gasteiger partial charge in [0.05, 0.1) is 29.4 Å². The van der Waals surface area contributed by atoms with Gasteiger partial charge in [0, 0.05) is 38.9 Å². The molecule has 33 heavy (non-hydrogen) atoms. The Kier molecular flexibility index (Phi) is 6.88. The molecule has 1 aliphatic heterocycles. The summed E-state index contributed by atoms with van der Waals surface area (Å²) in [5.74, 6) is 0.655. The molecule has 2 aromatic carbocycles.